The molecule has 1 aliphatic carbocycles. The molecule has 10 heteroatoms. The lowest BCUT2D eigenvalue weighted by atomic mass is 10.2. The van der Waals surface area contributed by atoms with Gasteiger partial charge in [0.05, 0.1) is 5.75 Å². The zero-order valence-electron chi connectivity index (χ0n) is 15.1. The molecule has 0 radical (unpaired) electrons. The summed E-state index contributed by atoms with van der Waals surface area (Å²) in [5.74, 6) is 1.12. The van der Waals surface area contributed by atoms with Crippen LogP contribution in [-0.4, -0.2) is 40.5 Å². The van der Waals surface area contributed by atoms with Gasteiger partial charge in [-0.15, -0.1) is 10.2 Å². The van der Waals surface area contributed by atoms with Crippen LogP contribution in [0.3, 0.4) is 0 Å². The van der Waals surface area contributed by atoms with Gasteiger partial charge in [0.1, 0.15) is 6.61 Å². The van der Waals surface area contributed by atoms with Gasteiger partial charge in [-0.05, 0) is 25.0 Å². The fraction of sp³-hybridized carbons (Fsp3) is 0.444. The molecule has 3 amide bonds. The maximum Gasteiger partial charge on any atom is 0.321 e. The quantitative estimate of drug-likeness (QED) is 0.730. The average Bonchev–Trinajstić information content (AvgIpc) is 3.38. The van der Waals surface area contributed by atoms with Crippen LogP contribution in [0.4, 0.5) is 4.79 Å². The highest BCUT2D eigenvalue weighted by molar-refractivity contribution is 7.99. The summed E-state index contributed by atoms with van der Waals surface area (Å²) in [6.45, 7) is 0.255. The Morgan fingerprint density at radius 2 is 1.93 bits per heavy atom. The Kier molecular flexibility index (Phi) is 5.65. The number of carbonyl (C=O) groups is 2. The number of urea groups is 1. The van der Waals surface area contributed by atoms with Crippen molar-refractivity contribution in [3.05, 3.63) is 30.2 Å². The third kappa shape index (κ3) is 4.56. The molecule has 1 aromatic heterocycles. The van der Waals surface area contributed by atoms with Crippen LogP contribution in [0.5, 0.6) is 11.5 Å². The van der Waals surface area contributed by atoms with E-state index in [1.807, 2.05) is 18.2 Å². The SMILES string of the molecule is O=C(CSc1nnc([C@H]2COc3ccccc3O2)o1)NC(=O)NC1CCCC1. The van der Waals surface area contributed by atoms with E-state index in [1.54, 1.807) is 6.07 Å². The number of rotatable bonds is 5. The number of nitrogens with zero attached hydrogens (tertiary/aromatic N) is 2. The number of para-hydroxylation sites is 2. The molecule has 1 aliphatic heterocycles. The molecule has 0 spiro atoms. The van der Waals surface area contributed by atoms with Gasteiger partial charge in [0.15, 0.2) is 11.5 Å². The second-order valence-corrected chi connectivity index (χ2v) is 7.49. The minimum atomic E-state index is -0.511. The molecule has 148 valence electrons. The Morgan fingerprint density at radius 1 is 1.14 bits per heavy atom. The molecule has 2 N–H and O–H groups in total. The van der Waals surface area contributed by atoms with Gasteiger partial charge in [-0.2, -0.15) is 0 Å². The predicted octanol–water partition coefficient (Wildman–Crippen LogP) is 2.44. The molecular formula is C18H20N4O5S. The van der Waals surface area contributed by atoms with E-state index in [0.717, 1.165) is 37.4 Å². The maximum absolute atomic E-state index is 11.9. The smallest absolute Gasteiger partial charge is 0.321 e. The van der Waals surface area contributed by atoms with E-state index in [1.165, 1.54) is 0 Å². The van der Waals surface area contributed by atoms with Crippen LogP contribution >= 0.6 is 11.8 Å². The molecule has 0 saturated heterocycles. The lowest BCUT2D eigenvalue weighted by Crippen LogP contribution is -2.44. The third-order valence-corrected chi connectivity index (χ3v) is 5.29. The van der Waals surface area contributed by atoms with Crippen LogP contribution in [0.25, 0.3) is 0 Å². The van der Waals surface area contributed by atoms with Gasteiger partial charge in [0.2, 0.25) is 12.0 Å². The number of carbonyl (C=O) groups excluding carboxylic acids is 2. The van der Waals surface area contributed by atoms with E-state index in [4.69, 9.17) is 13.9 Å². The Balaban J connectivity index is 1.25. The molecule has 1 aromatic carbocycles. The van der Waals surface area contributed by atoms with Crippen LogP contribution in [0, 0.1) is 0 Å². The molecule has 1 saturated carbocycles. The lowest BCUT2D eigenvalue weighted by molar-refractivity contribution is -0.117. The summed E-state index contributed by atoms with van der Waals surface area (Å²) >= 11 is 1.06. The fourth-order valence-corrected chi connectivity index (χ4v) is 3.70. The van der Waals surface area contributed by atoms with Crippen molar-refractivity contribution in [3.8, 4) is 11.5 Å². The first-order valence-electron chi connectivity index (χ1n) is 9.12. The Morgan fingerprint density at radius 3 is 2.75 bits per heavy atom. The van der Waals surface area contributed by atoms with Crippen molar-refractivity contribution in [3.63, 3.8) is 0 Å². The highest BCUT2D eigenvalue weighted by Gasteiger charge is 2.27. The minimum Gasteiger partial charge on any atom is -0.485 e. The number of ether oxygens (including phenoxy) is 2. The first-order chi connectivity index (χ1) is 13.7. The summed E-state index contributed by atoms with van der Waals surface area (Å²) in [6.07, 6.45) is 3.62. The second-order valence-electron chi connectivity index (χ2n) is 6.56. The largest absolute Gasteiger partial charge is 0.485 e. The molecule has 1 fully saturated rings. The summed E-state index contributed by atoms with van der Waals surface area (Å²) < 4.78 is 17.0. The minimum absolute atomic E-state index is 0.00935. The van der Waals surface area contributed by atoms with Crippen molar-refractivity contribution in [2.75, 3.05) is 12.4 Å². The van der Waals surface area contributed by atoms with Crippen molar-refractivity contribution in [1.82, 2.24) is 20.8 Å². The van der Waals surface area contributed by atoms with Crippen LogP contribution in [-0.2, 0) is 4.79 Å². The van der Waals surface area contributed by atoms with E-state index in [0.29, 0.717) is 11.5 Å². The van der Waals surface area contributed by atoms with Crippen LogP contribution in [0.15, 0.2) is 33.9 Å². The average molecular weight is 404 g/mol. The standard InChI is InChI=1S/C18H20N4O5S/c23-15(20-17(24)19-11-5-1-2-6-11)10-28-18-22-21-16(27-18)14-9-25-12-7-3-4-8-13(12)26-14/h3-4,7-8,11,14H,1-2,5-6,9-10H2,(H2,19,20,23,24)/t14-/m1/s1. The highest BCUT2D eigenvalue weighted by atomic mass is 32.2. The van der Waals surface area contributed by atoms with Crippen molar-refractivity contribution in [2.45, 2.75) is 43.1 Å². The molecule has 28 heavy (non-hydrogen) atoms. The number of hydrogen-bond acceptors (Lipinski definition) is 8. The van der Waals surface area contributed by atoms with E-state index in [2.05, 4.69) is 20.8 Å². The Bertz CT molecular complexity index is 852. The molecule has 2 aliphatic rings. The van der Waals surface area contributed by atoms with E-state index in [9.17, 15) is 9.59 Å². The van der Waals surface area contributed by atoms with E-state index >= 15 is 0 Å². The number of aromatic nitrogens is 2. The normalized spacial score (nSPS) is 18.6. The molecule has 0 bridgehead atoms. The summed E-state index contributed by atoms with van der Waals surface area (Å²) in [7, 11) is 0. The number of thioether (sulfide) groups is 1. The molecular weight excluding hydrogens is 384 g/mol. The lowest BCUT2D eigenvalue weighted by Gasteiger charge is -2.23. The van der Waals surface area contributed by atoms with Gasteiger partial charge in [0.25, 0.3) is 11.1 Å². The molecule has 1 atom stereocenters. The van der Waals surface area contributed by atoms with Gasteiger partial charge >= 0.3 is 6.03 Å². The number of imide groups is 1. The number of nitrogens with one attached hydrogen (secondary N) is 2. The molecule has 0 unspecified atom stereocenters. The van der Waals surface area contributed by atoms with Gasteiger partial charge in [0, 0.05) is 6.04 Å². The third-order valence-electron chi connectivity index (χ3n) is 4.48. The first kappa shape index (κ1) is 18.6. The number of fused-ring (bicyclic) bond motifs is 1. The second kappa shape index (κ2) is 8.51. The number of benzene rings is 1. The summed E-state index contributed by atoms with van der Waals surface area (Å²) in [5, 5.41) is 13.2. The van der Waals surface area contributed by atoms with Gasteiger partial charge < -0.3 is 19.2 Å². The van der Waals surface area contributed by atoms with Crippen LogP contribution < -0.4 is 20.1 Å². The number of hydrogen-bond donors (Lipinski definition) is 2. The maximum atomic E-state index is 11.9. The van der Waals surface area contributed by atoms with Gasteiger partial charge in [-0.25, -0.2) is 4.79 Å². The van der Waals surface area contributed by atoms with Crippen LogP contribution in [0.1, 0.15) is 37.7 Å². The Labute approximate surface area is 165 Å². The van der Waals surface area contributed by atoms with Crippen molar-refractivity contribution >= 4 is 23.7 Å². The predicted molar refractivity (Wildman–Crippen MR) is 99.3 cm³/mol. The zero-order valence-corrected chi connectivity index (χ0v) is 15.9. The zero-order chi connectivity index (χ0) is 19.3. The van der Waals surface area contributed by atoms with E-state index < -0.39 is 18.0 Å². The van der Waals surface area contributed by atoms with Gasteiger partial charge in [-0.1, -0.05) is 36.7 Å². The molecule has 2 aromatic rings. The molecule has 9 nitrogen and oxygen atoms in total. The summed E-state index contributed by atoms with van der Waals surface area (Å²) in [4.78, 5) is 23.7. The number of amides is 3. The summed E-state index contributed by atoms with van der Waals surface area (Å²) in [6, 6.07) is 7.03. The van der Waals surface area contributed by atoms with Crippen LogP contribution in [0.2, 0.25) is 0 Å². The topological polar surface area (TPSA) is 116 Å². The molecule has 2 heterocycles. The Hall–Kier alpha value is -2.75. The fourth-order valence-electron chi connectivity index (χ4n) is 3.13. The van der Waals surface area contributed by atoms with Crippen molar-refractivity contribution in [2.24, 2.45) is 0 Å². The van der Waals surface area contributed by atoms with E-state index in [-0.39, 0.29) is 29.5 Å². The van der Waals surface area contributed by atoms with Crippen molar-refractivity contribution < 1.29 is 23.5 Å². The van der Waals surface area contributed by atoms with Gasteiger partial charge in [-0.3, -0.25) is 10.1 Å². The first-order valence-corrected chi connectivity index (χ1v) is 10.1. The monoisotopic (exact) mass is 404 g/mol. The van der Waals surface area contributed by atoms with Crippen molar-refractivity contribution in [1.29, 1.82) is 0 Å². The molecule has 4 rings (SSSR count). The highest BCUT2D eigenvalue weighted by Crippen LogP contribution is 2.35. The summed E-state index contributed by atoms with van der Waals surface area (Å²) in [5.41, 5.74) is 0.